The highest BCUT2D eigenvalue weighted by Crippen LogP contribution is 2.08. The number of hydrogen-bond acceptors (Lipinski definition) is 5. The largest absolute Gasteiger partial charge is 0.481 e. The molecular formula is C15H34N2O4. The van der Waals surface area contributed by atoms with Gasteiger partial charge in [0.05, 0.1) is 6.61 Å². The number of aliphatic carboxylic acids is 1. The van der Waals surface area contributed by atoms with Crippen LogP contribution in [0.1, 0.15) is 77.6 Å². The van der Waals surface area contributed by atoms with E-state index in [0.717, 1.165) is 44.9 Å². The Morgan fingerprint density at radius 2 is 1.33 bits per heavy atom. The molecule has 0 atom stereocenters. The molecule has 7 N–H and O–H groups in total. The lowest BCUT2D eigenvalue weighted by molar-refractivity contribution is -0.144. The molecule has 0 saturated carbocycles. The van der Waals surface area contributed by atoms with E-state index in [9.17, 15) is 9.59 Å². The smallest absolute Gasteiger partial charge is 0.305 e. The molecule has 21 heavy (non-hydrogen) atoms. The van der Waals surface area contributed by atoms with Gasteiger partial charge in [-0.15, -0.1) is 0 Å². The average Bonchev–Trinajstić information content (AvgIpc) is 2.37. The summed E-state index contributed by atoms with van der Waals surface area (Å²) < 4.78 is 5.13. The van der Waals surface area contributed by atoms with E-state index >= 15 is 0 Å². The lowest BCUT2D eigenvalue weighted by Crippen LogP contribution is -2.05. The fourth-order valence-electron chi connectivity index (χ4n) is 1.86. The topological polar surface area (TPSA) is 134 Å². The predicted molar refractivity (Wildman–Crippen MR) is 85.1 cm³/mol. The van der Waals surface area contributed by atoms with Crippen LogP contribution in [0.15, 0.2) is 0 Å². The summed E-state index contributed by atoms with van der Waals surface area (Å²) in [5.74, 6) is -0.825. The summed E-state index contributed by atoms with van der Waals surface area (Å²) in [6, 6.07) is 0. The van der Waals surface area contributed by atoms with Gasteiger partial charge < -0.3 is 22.1 Å². The minimum Gasteiger partial charge on any atom is -0.481 e. The number of esters is 1. The number of hydrogen-bond donors (Lipinski definition) is 3. The van der Waals surface area contributed by atoms with Crippen LogP contribution < -0.4 is 12.3 Å². The van der Waals surface area contributed by atoms with Gasteiger partial charge in [-0.3, -0.25) is 9.59 Å². The third-order valence-electron chi connectivity index (χ3n) is 3.03. The van der Waals surface area contributed by atoms with Crippen LogP contribution in [0.25, 0.3) is 0 Å². The molecule has 0 rings (SSSR count). The molecule has 0 radical (unpaired) electrons. The summed E-state index contributed by atoms with van der Waals surface area (Å²) in [5.41, 5.74) is 0. The number of ether oxygens (including phenoxy) is 1. The van der Waals surface area contributed by atoms with Gasteiger partial charge in [0, 0.05) is 12.8 Å². The molecule has 0 spiro atoms. The van der Waals surface area contributed by atoms with Crippen LogP contribution in [-0.4, -0.2) is 23.7 Å². The third kappa shape index (κ3) is 21.3. The van der Waals surface area contributed by atoms with Crippen molar-refractivity contribution in [3.8, 4) is 0 Å². The van der Waals surface area contributed by atoms with Crippen LogP contribution in [0.3, 0.4) is 0 Å². The van der Waals surface area contributed by atoms with Gasteiger partial charge in [0.1, 0.15) is 0 Å². The van der Waals surface area contributed by atoms with E-state index in [1.807, 2.05) is 0 Å². The third-order valence-corrected chi connectivity index (χ3v) is 3.03. The van der Waals surface area contributed by atoms with E-state index < -0.39 is 5.97 Å². The minimum absolute atomic E-state index is 0. The molecule has 0 aromatic carbocycles. The number of carboxylic acids is 1. The number of carbonyl (C=O) groups is 2. The Labute approximate surface area is 128 Å². The van der Waals surface area contributed by atoms with Crippen molar-refractivity contribution >= 4 is 11.9 Å². The van der Waals surface area contributed by atoms with Crippen molar-refractivity contribution in [2.75, 3.05) is 6.61 Å². The van der Waals surface area contributed by atoms with Gasteiger partial charge in [-0.2, -0.15) is 0 Å². The summed E-state index contributed by atoms with van der Waals surface area (Å²) >= 11 is 0. The van der Waals surface area contributed by atoms with Crippen molar-refractivity contribution in [3.63, 3.8) is 0 Å². The van der Waals surface area contributed by atoms with Crippen molar-refractivity contribution in [2.24, 2.45) is 0 Å². The first kappa shape index (κ1) is 24.9. The highest BCUT2D eigenvalue weighted by Gasteiger charge is 2.02. The maximum atomic E-state index is 11.4. The fourth-order valence-corrected chi connectivity index (χ4v) is 1.86. The Hall–Kier alpha value is -1.14. The zero-order valence-corrected chi connectivity index (χ0v) is 13.6. The molecule has 0 heterocycles. The van der Waals surface area contributed by atoms with Crippen molar-refractivity contribution in [1.29, 1.82) is 0 Å². The molecule has 6 nitrogen and oxygen atoms in total. The van der Waals surface area contributed by atoms with E-state index in [0.29, 0.717) is 13.0 Å². The molecular weight excluding hydrogens is 272 g/mol. The first-order chi connectivity index (χ1) is 9.16. The molecule has 0 aromatic heterocycles. The molecule has 128 valence electrons. The Kier molecular flexibility index (Phi) is 22.3. The summed E-state index contributed by atoms with van der Waals surface area (Å²) in [5, 5.41) is 8.46. The number of unbranched alkanes of at least 4 members (excludes halogenated alkanes) is 7. The van der Waals surface area contributed by atoms with Crippen LogP contribution in [0.5, 0.6) is 0 Å². The predicted octanol–water partition coefficient (Wildman–Crippen LogP) is 4.25. The summed E-state index contributed by atoms with van der Waals surface area (Å²) in [7, 11) is 0. The maximum Gasteiger partial charge on any atom is 0.305 e. The van der Waals surface area contributed by atoms with Gasteiger partial charge in [-0.1, -0.05) is 45.4 Å². The highest BCUT2D eigenvalue weighted by molar-refractivity contribution is 5.69. The molecule has 0 aliphatic heterocycles. The Bertz CT molecular complexity index is 248. The van der Waals surface area contributed by atoms with E-state index in [1.165, 1.54) is 12.8 Å². The molecule has 0 aliphatic carbocycles. The normalized spacial score (nSPS) is 9.38. The van der Waals surface area contributed by atoms with E-state index in [1.54, 1.807) is 0 Å². The number of carboxylic acid groups (broad SMARTS) is 1. The minimum atomic E-state index is -0.730. The summed E-state index contributed by atoms with van der Waals surface area (Å²) in [6.45, 7) is 2.71. The zero-order valence-electron chi connectivity index (χ0n) is 13.6. The van der Waals surface area contributed by atoms with E-state index in [2.05, 4.69) is 6.92 Å². The monoisotopic (exact) mass is 306 g/mol. The molecule has 0 aromatic rings. The molecule has 6 heteroatoms. The van der Waals surface area contributed by atoms with E-state index in [-0.39, 0.29) is 24.7 Å². The van der Waals surface area contributed by atoms with Crippen LogP contribution in [0.2, 0.25) is 0 Å². The SMILES string of the molecule is CCCCCCOC(=O)CCCCCCCC(=O)O.N.N. The van der Waals surface area contributed by atoms with Gasteiger partial charge in [-0.05, 0) is 19.3 Å². The quantitative estimate of drug-likeness (QED) is 0.344. The zero-order chi connectivity index (χ0) is 14.3. The Morgan fingerprint density at radius 3 is 1.90 bits per heavy atom. The van der Waals surface area contributed by atoms with Crippen molar-refractivity contribution in [1.82, 2.24) is 12.3 Å². The highest BCUT2D eigenvalue weighted by atomic mass is 16.5. The lowest BCUT2D eigenvalue weighted by atomic mass is 10.1. The van der Waals surface area contributed by atoms with Crippen LogP contribution >= 0.6 is 0 Å². The first-order valence-corrected chi connectivity index (χ1v) is 7.54. The number of carbonyl (C=O) groups excluding carboxylic acids is 1. The van der Waals surface area contributed by atoms with Gasteiger partial charge in [0.2, 0.25) is 0 Å². The van der Waals surface area contributed by atoms with E-state index in [4.69, 9.17) is 9.84 Å². The Balaban J connectivity index is -0.00000162. The van der Waals surface area contributed by atoms with Crippen molar-refractivity contribution < 1.29 is 19.4 Å². The first-order valence-electron chi connectivity index (χ1n) is 7.54. The van der Waals surface area contributed by atoms with Crippen molar-refractivity contribution in [2.45, 2.75) is 77.6 Å². The summed E-state index contributed by atoms with van der Waals surface area (Å²) in [4.78, 5) is 21.6. The number of rotatable bonds is 13. The van der Waals surface area contributed by atoms with Gasteiger partial charge >= 0.3 is 11.9 Å². The molecule has 0 fully saturated rings. The second-order valence-corrected chi connectivity index (χ2v) is 4.94. The molecule has 0 bridgehead atoms. The standard InChI is InChI=1S/C15H28O4.2H3N/c1-2-3-4-10-13-19-15(18)12-9-7-5-6-8-11-14(16)17;;/h2-13H2,1H3,(H,16,17);2*1H3. The van der Waals surface area contributed by atoms with Gasteiger partial charge in [-0.25, -0.2) is 0 Å². The van der Waals surface area contributed by atoms with Gasteiger partial charge in [0.15, 0.2) is 0 Å². The molecule has 0 saturated heterocycles. The average molecular weight is 306 g/mol. The van der Waals surface area contributed by atoms with Crippen LogP contribution in [0, 0.1) is 0 Å². The summed E-state index contributed by atoms with van der Waals surface area (Å²) in [6.07, 6.45) is 9.72. The molecule has 0 amide bonds. The lowest BCUT2D eigenvalue weighted by Gasteiger charge is -2.04. The van der Waals surface area contributed by atoms with Crippen molar-refractivity contribution in [3.05, 3.63) is 0 Å². The van der Waals surface area contributed by atoms with Gasteiger partial charge in [0.25, 0.3) is 0 Å². The maximum absolute atomic E-state index is 11.4. The molecule has 0 aliphatic rings. The molecule has 0 unspecified atom stereocenters. The Morgan fingerprint density at radius 1 is 0.810 bits per heavy atom. The second kappa shape index (κ2) is 18.9. The second-order valence-electron chi connectivity index (χ2n) is 4.94. The van der Waals surface area contributed by atoms with Crippen LogP contribution in [0.4, 0.5) is 0 Å². The fraction of sp³-hybridized carbons (Fsp3) is 0.867. The van der Waals surface area contributed by atoms with Crippen LogP contribution in [-0.2, 0) is 14.3 Å².